The quantitative estimate of drug-likeness (QED) is 0.712. The van der Waals surface area contributed by atoms with Gasteiger partial charge in [-0.3, -0.25) is 4.79 Å². The van der Waals surface area contributed by atoms with E-state index < -0.39 is 0 Å². The third kappa shape index (κ3) is 4.89. The number of hydrogen-bond acceptors (Lipinski definition) is 2. The van der Waals surface area contributed by atoms with Crippen molar-refractivity contribution in [3.63, 3.8) is 0 Å². The van der Waals surface area contributed by atoms with Crippen LogP contribution in [0.1, 0.15) is 43.0 Å². The number of carbonyl (C=O) groups excluding carboxylic acids is 1. The fourth-order valence-electron chi connectivity index (χ4n) is 1.67. The Morgan fingerprint density at radius 3 is 2.41 bits per heavy atom. The van der Waals surface area contributed by atoms with Crippen LogP contribution >= 0.6 is 0 Å². The molecule has 0 bridgehead atoms. The Kier molecular flexibility index (Phi) is 6.15. The highest BCUT2D eigenvalue weighted by Gasteiger charge is 2.01. The predicted octanol–water partition coefficient (Wildman–Crippen LogP) is 3.04. The first-order valence-corrected chi connectivity index (χ1v) is 6.34. The highest BCUT2D eigenvalue weighted by molar-refractivity contribution is 5.94. The number of hydrogen-bond donors (Lipinski definition) is 2. The van der Waals surface area contributed by atoms with Gasteiger partial charge in [-0.2, -0.15) is 0 Å². The fourth-order valence-corrected chi connectivity index (χ4v) is 1.67. The number of unbranched alkanes of at least 4 members (excludes halogenated alkanes) is 3. The van der Waals surface area contributed by atoms with Crippen LogP contribution in [0.3, 0.4) is 0 Å². The summed E-state index contributed by atoms with van der Waals surface area (Å²) in [6.45, 7) is 3.21. The SMILES string of the molecule is CCCCCCNc1ccc(C(=O)NC)cc1. The molecule has 0 unspecified atom stereocenters. The maximum Gasteiger partial charge on any atom is 0.251 e. The Morgan fingerprint density at radius 1 is 1.12 bits per heavy atom. The summed E-state index contributed by atoms with van der Waals surface area (Å²) in [5.41, 5.74) is 1.78. The zero-order chi connectivity index (χ0) is 12.5. The van der Waals surface area contributed by atoms with Crippen LogP contribution < -0.4 is 10.6 Å². The van der Waals surface area contributed by atoms with E-state index in [4.69, 9.17) is 0 Å². The van der Waals surface area contributed by atoms with Gasteiger partial charge in [0, 0.05) is 24.8 Å². The minimum Gasteiger partial charge on any atom is -0.385 e. The molecule has 2 N–H and O–H groups in total. The lowest BCUT2D eigenvalue weighted by Gasteiger charge is -2.06. The van der Waals surface area contributed by atoms with E-state index in [1.807, 2.05) is 24.3 Å². The summed E-state index contributed by atoms with van der Waals surface area (Å²) in [5.74, 6) is -0.0421. The van der Waals surface area contributed by atoms with Crippen LogP contribution in [-0.4, -0.2) is 19.5 Å². The lowest BCUT2D eigenvalue weighted by atomic mass is 10.2. The molecule has 3 heteroatoms. The van der Waals surface area contributed by atoms with Crippen LogP contribution in [0.25, 0.3) is 0 Å². The van der Waals surface area contributed by atoms with Crippen molar-refractivity contribution in [1.29, 1.82) is 0 Å². The van der Waals surface area contributed by atoms with Crippen molar-refractivity contribution in [2.75, 3.05) is 18.9 Å². The maximum atomic E-state index is 11.3. The van der Waals surface area contributed by atoms with E-state index in [0.29, 0.717) is 5.56 Å². The van der Waals surface area contributed by atoms with Gasteiger partial charge in [-0.1, -0.05) is 26.2 Å². The normalized spacial score (nSPS) is 10.0. The first kappa shape index (κ1) is 13.6. The molecular weight excluding hydrogens is 212 g/mol. The van der Waals surface area contributed by atoms with Crippen LogP contribution in [-0.2, 0) is 0 Å². The Bertz CT molecular complexity index is 333. The number of amides is 1. The second-order valence-electron chi connectivity index (χ2n) is 4.14. The van der Waals surface area contributed by atoms with Gasteiger partial charge in [0.2, 0.25) is 0 Å². The van der Waals surface area contributed by atoms with Crippen LogP contribution in [0.15, 0.2) is 24.3 Å². The summed E-state index contributed by atoms with van der Waals surface area (Å²) in [4.78, 5) is 11.3. The Labute approximate surface area is 104 Å². The molecular formula is C14H22N2O. The summed E-state index contributed by atoms with van der Waals surface area (Å²) in [6.07, 6.45) is 5.04. The first-order valence-electron chi connectivity index (χ1n) is 6.34. The van der Waals surface area contributed by atoms with E-state index >= 15 is 0 Å². The molecule has 3 nitrogen and oxygen atoms in total. The Balaban J connectivity index is 2.33. The minimum atomic E-state index is -0.0421. The standard InChI is InChI=1S/C14H22N2O/c1-3-4-5-6-11-16-13-9-7-12(8-10-13)14(17)15-2/h7-10,16H,3-6,11H2,1-2H3,(H,15,17). The van der Waals surface area contributed by atoms with Gasteiger partial charge in [0.15, 0.2) is 0 Å². The molecule has 17 heavy (non-hydrogen) atoms. The molecule has 0 radical (unpaired) electrons. The van der Waals surface area contributed by atoms with Gasteiger partial charge in [-0.25, -0.2) is 0 Å². The van der Waals surface area contributed by atoms with Crippen molar-refractivity contribution < 1.29 is 4.79 Å². The number of benzene rings is 1. The second kappa shape index (κ2) is 7.71. The molecule has 0 spiro atoms. The van der Waals surface area contributed by atoms with Crippen molar-refractivity contribution in [2.45, 2.75) is 32.6 Å². The minimum absolute atomic E-state index is 0.0421. The van der Waals surface area contributed by atoms with Gasteiger partial charge in [0.25, 0.3) is 5.91 Å². The van der Waals surface area contributed by atoms with Gasteiger partial charge in [-0.15, -0.1) is 0 Å². The zero-order valence-electron chi connectivity index (χ0n) is 10.8. The molecule has 1 amide bonds. The Morgan fingerprint density at radius 2 is 1.82 bits per heavy atom. The number of rotatable bonds is 7. The highest BCUT2D eigenvalue weighted by Crippen LogP contribution is 2.10. The third-order valence-corrected chi connectivity index (χ3v) is 2.73. The average molecular weight is 234 g/mol. The van der Waals surface area contributed by atoms with Gasteiger partial charge >= 0.3 is 0 Å². The van der Waals surface area contributed by atoms with E-state index in [1.165, 1.54) is 25.7 Å². The summed E-state index contributed by atoms with van der Waals surface area (Å²) >= 11 is 0. The molecule has 0 saturated carbocycles. The van der Waals surface area contributed by atoms with Gasteiger partial charge < -0.3 is 10.6 Å². The van der Waals surface area contributed by atoms with E-state index in [1.54, 1.807) is 7.05 Å². The molecule has 0 atom stereocenters. The number of anilines is 1. The topological polar surface area (TPSA) is 41.1 Å². The van der Waals surface area contributed by atoms with Gasteiger partial charge in [0.05, 0.1) is 0 Å². The summed E-state index contributed by atoms with van der Waals surface area (Å²) in [5, 5.41) is 5.96. The molecule has 1 rings (SSSR count). The number of carbonyl (C=O) groups is 1. The largest absolute Gasteiger partial charge is 0.385 e. The molecule has 1 aromatic carbocycles. The molecule has 0 aliphatic rings. The second-order valence-corrected chi connectivity index (χ2v) is 4.14. The monoisotopic (exact) mass is 234 g/mol. The van der Waals surface area contributed by atoms with Crippen molar-refractivity contribution in [2.24, 2.45) is 0 Å². The van der Waals surface area contributed by atoms with Crippen LogP contribution in [0, 0.1) is 0 Å². The van der Waals surface area contributed by atoms with E-state index in [0.717, 1.165) is 12.2 Å². The maximum absolute atomic E-state index is 11.3. The molecule has 0 aromatic heterocycles. The van der Waals surface area contributed by atoms with Crippen LogP contribution in [0.4, 0.5) is 5.69 Å². The lowest BCUT2D eigenvalue weighted by molar-refractivity contribution is 0.0963. The van der Waals surface area contributed by atoms with Crippen molar-refractivity contribution in [3.05, 3.63) is 29.8 Å². The van der Waals surface area contributed by atoms with Gasteiger partial charge in [-0.05, 0) is 30.7 Å². The highest BCUT2D eigenvalue weighted by atomic mass is 16.1. The predicted molar refractivity (Wildman–Crippen MR) is 72.5 cm³/mol. The Hall–Kier alpha value is -1.51. The van der Waals surface area contributed by atoms with E-state index in [2.05, 4.69) is 17.6 Å². The summed E-state index contributed by atoms with van der Waals surface area (Å²) in [6, 6.07) is 7.58. The molecule has 0 aliphatic carbocycles. The van der Waals surface area contributed by atoms with E-state index in [9.17, 15) is 4.79 Å². The lowest BCUT2D eigenvalue weighted by Crippen LogP contribution is -2.17. The molecule has 0 heterocycles. The van der Waals surface area contributed by atoms with Crippen LogP contribution in [0.2, 0.25) is 0 Å². The van der Waals surface area contributed by atoms with Gasteiger partial charge in [0.1, 0.15) is 0 Å². The zero-order valence-corrected chi connectivity index (χ0v) is 10.8. The smallest absolute Gasteiger partial charge is 0.251 e. The van der Waals surface area contributed by atoms with Crippen molar-refractivity contribution in [1.82, 2.24) is 5.32 Å². The molecule has 1 aromatic rings. The van der Waals surface area contributed by atoms with Crippen LogP contribution in [0.5, 0.6) is 0 Å². The summed E-state index contributed by atoms with van der Waals surface area (Å²) in [7, 11) is 1.64. The van der Waals surface area contributed by atoms with Crippen molar-refractivity contribution in [3.8, 4) is 0 Å². The average Bonchev–Trinajstić information content (AvgIpc) is 2.38. The van der Waals surface area contributed by atoms with Crippen molar-refractivity contribution >= 4 is 11.6 Å². The molecule has 94 valence electrons. The molecule has 0 saturated heterocycles. The third-order valence-electron chi connectivity index (χ3n) is 2.73. The number of nitrogens with one attached hydrogen (secondary N) is 2. The fraction of sp³-hybridized carbons (Fsp3) is 0.500. The molecule has 0 fully saturated rings. The van der Waals surface area contributed by atoms with E-state index in [-0.39, 0.29) is 5.91 Å². The molecule has 0 aliphatic heterocycles. The summed E-state index contributed by atoms with van der Waals surface area (Å²) < 4.78 is 0. The first-order chi connectivity index (χ1) is 8.27.